The average Bonchev–Trinajstić information content (AvgIpc) is 3.62. The summed E-state index contributed by atoms with van der Waals surface area (Å²) in [7, 11) is 2.73. The number of carbonyl (C=O) groups is 2. The van der Waals surface area contributed by atoms with Crippen molar-refractivity contribution in [1.82, 2.24) is 19.6 Å². The van der Waals surface area contributed by atoms with Crippen molar-refractivity contribution < 1.29 is 38.0 Å². The summed E-state index contributed by atoms with van der Waals surface area (Å²) in [6, 6.07) is 3.53. The Kier molecular flexibility index (Phi) is 13.6. The van der Waals surface area contributed by atoms with Crippen LogP contribution in [0.3, 0.4) is 0 Å². The molecule has 0 amide bonds. The zero-order valence-electron chi connectivity index (χ0n) is 24.3. The van der Waals surface area contributed by atoms with Gasteiger partial charge in [-0.2, -0.15) is 10.2 Å². The van der Waals surface area contributed by atoms with E-state index in [1.807, 2.05) is 13.8 Å². The maximum Gasteiger partial charge on any atom is 0.358 e. The summed E-state index contributed by atoms with van der Waals surface area (Å²) in [5, 5.41) is 8.63. The Morgan fingerprint density at radius 2 is 1.43 bits per heavy atom. The summed E-state index contributed by atoms with van der Waals surface area (Å²) in [5.74, 6) is -0.777. The number of carbonyl (C=O) groups excluding carboxylic acids is 2. The fraction of sp³-hybridized carbons (Fsp3) is 0.714. The number of esters is 2. The molecule has 12 heteroatoms. The van der Waals surface area contributed by atoms with Crippen LogP contribution in [0.15, 0.2) is 12.1 Å². The molecule has 2 aliphatic heterocycles. The van der Waals surface area contributed by atoms with E-state index in [1.54, 1.807) is 21.5 Å². The molecule has 12 nitrogen and oxygen atoms in total. The number of nitrogens with zero attached hydrogens (tertiary/aromatic N) is 4. The van der Waals surface area contributed by atoms with Crippen LogP contribution >= 0.6 is 0 Å². The zero-order chi connectivity index (χ0) is 28.7. The summed E-state index contributed by atoms with van der Waals surface area (Å²) in [6.45, 7) is 7.70. The van der Waals surface area contributed by atoms with Gasteiger partial charge in [-0.25, -0.2) is 9.59 Å². The van der Waals surface area contributed by atoms with Gasteiger partial charge in [0, 0.05) is 18.9 Å². The van der Waals surface area contributed by atoms with Crippen molar-refractivity contribution in [1.29, 1.82) is 0 Å². The molecule has 40 heavy (non-hydrogen) atoms. The summed E-state index contributed by atoms with van der Waals surface area (Å²) >= 11 is 0. The Bertz CT molecular complexity index is 1040. The van der Waals surface area contributed by atoms with Gasteiger partial charge in [-0.15, -0.1) is 0 Å². The maximum atomic E-state index is 11.7. The molecule has 0 bridgehead atoms. The monoisotopic (exact) mass is 564 g/mol. The van der Waals surface area contributed by atoms with Crippen LogP contribution in [0.2, 0.25) is 0 Å². The lowest BCUT2D eigenvalue weighted by Crippen LogP contribution is -2.24. The van der Waals surface area contributed by atoms with Crippen LogP contribution in [0.1, 0.15) is 84.7 Å². The first kappa shape index (κ1) is 31.7. The maximum absolute atomic E-state index is 11.7. The van der Waals surface area contributed by atoms with E-state index in [4.69, 9.17) is 23.7 Å². The highest BCUT2D eigenvalue weighted by Gasteiger charge is 2.18. The lowest BCUT2D eigenvalue weighted by atomic mass is 10.2. The second-order valence-corrected chi connectivity index (χ2v) is 9.51. The third kappa shape index (κ3) is 9.69. The van der Waals surface area contributed by atoms with Gasteiger partial charge in [0.2, 0.25) is 0 Å². The minimum atomic E-state index is -0.407. The Morgan fingerprint density at radius 3 is 1.93 bits per heavy atom. The van der Waals surface area contributed by atoms with Crippen LogP contribution in [0, 0.1) is 0 Å². The van der Waals surface area contributed by atoms with Gasteiger partial charge in [0.1, 0.15) is 5.69 Å². The molecule has 2 saturated heterocycles. The third-order valence-corrected chi connectivity index (χ3v) is 6.70. The first-order valence-corrected chi connectivity index (χ1v) is 14.2. The first-order valence-electron chi connectivity index (χ1n) is 14.2. The molecule has 224 valence electrons. The van der Waals surface area contributed by atoms with Gasteiger partial charge < -0.3 is 28.4 Å². The largest absolute Gasteiger partial charge is 0.464 e. The van der Waals surface area contributed by atoms with E-state index < -0.39 is 5.97 Å². The Labute approximate surface area is 236 Å². The minimum absolute atomic E-state index is 0.0931. The summed E-state index contributed by atoms with van der Waals surface area (Å²) in [5.41, 5.74) is 2.69. The Morgan fingerprint density at radius 1 is 0.825 bits per heavy atom. The summed E-state index contributed by atoms with van der Waals surface area (Å²) in [6.07, 6.45) is 7.77. The average molecular weight is 565 g/mol. The molecule has 2 unspecified atom stereocenters. The normalized spacial score (nSPS) is 19.0. The van der Waals surface area contributed by atoms with Crippen LogP contribution in [-0.2, 0) is 54.4 Å². The number of hydrogen-bond donors (Lipinski definition) is 0. The van der Waals surface area contributed by atoms with Crippen molar-refractivity contribution in [2.45, 2.75) is 90.9 Å². The lowest BCUT2D eigenvalue weighted by Gasteiger charge is -2.22. The van der Waals surface area contributed by atoms with Gasteiger partial charge in [0.15, 0.2) is 18.3 Å². The molecule has 2 fully saturated rings. The van der Waals surface area contributed by atoms with E-state index >= 15 is 0 Å². The van der Waals surface area contributed by atoms with Crippen molar-refractivity contribution in [2.75, 3.05) is 40.6 Å². The molecule has 2 aromatic heterocycles. The third-order valence-electron chi connectivity index (χ3n) is 6.70. The molecule has 0 aliphatic carbocycles. The highest BCUT2D eigenvalue weighted by Crippen LogP contribution is 2.15. The van der Waals surface area contributed by atoms with E-state index in [1.165, 1.54) is 14.2 Å². The zero-order valence-corrected chi connectivity index (χ0v) is 24.3. The fourth-order valence-electron chi connectivity index (χ4n) is 4.45. The molecule has 4 heterocycles. The lowest BCUT2D eigenvalue weighted by molar-refractivity contribution is -0.164. The van der Waals surface area contributed by atoms with Gasteiger partial charge in [0.05, 0.1) is 46.2 Å². The molecular formula is C28H44N4O8. The highest BCUT2D eigenvalue weighted by molar-refractivity contribution is 5.87. The van der Waals surface area contributed by atoms with Crippen molar-refractivity contribution in [3.8, 4) is 0 Å². The van der Waals surface area contributed by atoms with E-state index in [0.29, 0.717) is 37.7 Å². The van der Waals surface area contributed by atoms with Crippen LogP contribution in [0.4, 0.5) is 0 Å². The van der Waals surface area contributed by atoms with Gasteiger partial charge in [0.25, 0.3) is 0 Å². The van der Waals surface area contributed by atoms with Crippen LogP contribution < -0.4 is 0 Å². The second-order valence-electron chi connectivity index (χ2n) is 9.51. The number of methoxy groups -OCH3 is 2. The molecule has 0 radical (unpaired) electrons. The topological polar surface area (TPSA) is 125 Å². The predicted octanol–water partition coefficient (Wildman–Crippen LogP) is 3.55. The standard InChI is InChI=1S/2C14H22N2O4/c1-3-11-10-12(14(17)18-2)15-16(11)7-9-20-13-6-4-5-8-19-13;1-3-11-10-12(14(17)18-2)16(15-11)7-9-20-13-6-4-5-8-19-13/h2*10,13H,3-9H2,1-2H3. The van der Waals surface area contributed by atoms with Crippen molar-refractivity contribution >= 4 is 11.9 Å². The smallest absolute Gasteiger partial charge is 0.358 e. The highest BCUT2D eigenvalue weighted by atomic mass is 16.7. The van der Waals surface area contributed by atoms with Gasteiger partial charge in [-0.05, 0) is 63.5 Å². The second kappa shape index (κ2) is 17.1. The molecule has 0 N–H and O–H groups in total. The summed E-state index contributed by atoms with van der Waals surface area (Å²) in [4.78, 5) is 23.1. The minimum Gasteiger partial charge on any atom is -0.464 e. The van der Waals surface area contributed by atoms with Crippen LogP contribution in [0.5, 0.6) is 0 Å². The molecule has 4 rings (SSSR count). The van der Waals surface area contributed by atoms with Crippen LogP contribution in [0.25, 0.3) is 0 Å². The van der Waals surface area contributed by atoms with Crippen molar-refractivity contribution in [3.05, 3.63) is 34.9 Å². The SMILES string of the molecule is CCc1cc(C(=O)OC)n(CCOC2CCCCO2)n1.CCc1cc(C(=O)OC)nn1CCOC1CCCCO1. The fourth-order valence-corrected chi connectivity index (χ4v) is 4.45. The Hall–Kier alpha value is -2.80. The van der Waals surface area contributed by atoms with E-state index in [0.717, 1.165) is 76.0 Å². The van der Waals surface area contributed by atoms with Crippen molar-refractivity contribution in [2.24, 2.45) is 0 Å². The Balaban J connectivity index is 0.000000220. The quantitative estimate of drug-likeness (QED) is 0.353. The molecule has 0 aromatic carbocycles. The van der Waals surface area contributed by atoms with Gasteiger partial charge in [-0.3, -0.25) is 9.36 Å². The molecule has 0 saturated carbocycles. The predicted molar refractivity (Wildman–Crippen MR) is 145 cm³/mol. The first-order chi connectivity index (χ1) is 19.5. The molecule has 2 aliphatic rings. The molecule has 0 spiro atoms. The van der Waals surface area contributed by atoms with Crippen molar-refractivity contribution in [3.63, 3.8) is 0 Å². The molecule has 2 atom stereocenters. The number of hydrogen-bond acceptors (Lipinski definition) is 10. The number of ether oxygens (including phenoxy) is 6. The number of rotatable bonds is 12. The van der Waals surface area contributed by atoms with E-state index in [2.05, 4.69) is 14.9 Å². The summed E-state index contributed by atoms with van der Waals surface area (Å²) < 4.78 is 35.2. The van der Waals surface area contributed by atoms with Crippen LogP contribution in [-0.4, -0.2) is 84.7 Å². The van der Waals surface area contributed by atoms with E-state index in [9.17, 15) is 9.59 Å². The molecule has 2 aromatic rings. The van der Waals surface area contributed by atoms with Gasteiger partial charge >= 0.3 is 11.9 Å². The molecular weight excluding hydrogens is 520 g/mol. The number of aryl methyl sites for hydroxylation is 2. The van der Waals surface area contributed by atoms with Gasteiger partial charge in [-0.1, -0.05) is 13.8 Å². The van der Waals surface area contributed by atoms with E-state index in [-0.39, 0.29) is 18.5 Å². The number of aromatic nitrogens is 4.